The first kappa shape index (κ1) is 10.4. The van der Waals surface area contributed by atoms with Crippen LogP contribution in [0, 0.1) is 3.57 Å². The topological polar surface area (TPSA) is 17.1 Å². The quantitative estimate of drug-likeness (QED) is 0.777. The van der Waals surface area contributed by atoms with Crippen LogP contribution in [-0.2, 0) is 4.79 Å². The predicted octanol–water partition coefficient (Wildman–Crippen LogP) is 3.42. The van der Waals surface area contributed by atoms with E-state index in [1.165, 1.54) is 0 Å². The standard InChI is InChI=1S/C13H8IO/c14-12-7-6-11(9-15)13(8-12)10-4-2-1-3-5-10/h1-8H. The van der Waals surface area contributed by atoms with Crippen molar-refractivity contribution in [2.24, 2.45) is 0 Å². The molecule has 0 fully saturated rings. The third-order valence-electron chi connectivity index (χ3n) is 2.18. The van der Waals surface area contributed by atoms with Gasteiger partial charge in [-0.1, -0.05) is 30.3 Å². The Kier molecular flexibility index (Phi) is 3.16. The summed E-state index contributed by atoms with van der Waals surface area (Å²) in [6, 6.07) is 15.6. The van der Waals surface area contributed by atoms with Gasteiger partial charge in [-0.15, -0.1) is 0 Å². The Labute approximate surface area is 102 Å². The maximum absolute atomic E-state index is 10.8. The molecule has 0 aliphatic heterocycles. The van der Waals surface area contributed by atoms with E-state index in [1.807, 2.05) is 48.8 Å². The van der Waals surface area contributed by atoms with E-state index >= 15 is 0 Å². The van der Waals surface area contributed by atoms with E-state index in [1.54, 1.807) is 6.07 Å². The molecule has 2 rings (SSSR count). The zero-order valence-electron chi connectivity index (χ0n) is 7.91. The summed E-state index contributed by atoms with van der Waals surface area (Å²) in [5.41, 5.74) is 2.61. The van der Waals surface area contributed by atoms with Crippen LogP contribution in [0.15, 0.2) is 48.5 Å². The van der Waals surface area contributed by atoms with Crippen LogP contribution in [0.4, 0.5) is 0 Å². The predicted molar refractivity (Wildman–Crippen MR) is 69.4 cm³/mol. The lowest BCUT2D eigenvalue weighted by molar-refractivity contribution is 0.563. The van der Waals surface area contributed by atoms with E-state index < -0.39 is 0 Å². The first-order valence-electron chi connectivity index (χ1n) is 4.54. The van der Waals surface area contributed by atoms with E-state index in [0.717, 1.165) is 14.7 Å². The van der Waals surface area contributed by atoms with Gasteiger partial charge in [-0.25, -0.2) is 0 Å². The minimum atomic E-state index is 0.613. The fourth-order valence-electron chi connectivity index (χ4n) is 1.46. The minimum Gasteiger partial charge on any atom is -0.285 e. The highest BCUT2D eigenvalue weighted by Gasteiger charge is 2.04. The van der Waals surface area contributed by atoms with Crippen molar-refractivity contribution in [3.8, 4) is 11.1 Å². The maximum Gasteiger partial charge on any atom is 0.234 e. The number of carbonyl (C=O) groups excluding carboxylic acids is 1. The second kappa shape index (κ2) is 4.57. The molecule has 0 saturated heterocycles. The molecule has 2 aromatic rings. The SMILES string of the molecule is O=[C]c1ccc(I)cc1-c1ccccc1. The molecule has 0 aliphatic carbocycles. The molecule has 73 valence electrons. The molecule has 0 spiro atoms. The van der Waals surface area contributed by atoms with Gasteiger partial charge in [0, 0.05) is 9.13 Å². The summed E-state index contributed by atoms with van der Waals surface area (Å²) in [6.07, 6.45) is 1.97. The van der Waals surface area contributed by atoms with Crippen molar-refractivity contribution in [2.45, 2.75) is 0 Å². The molecule has 0 heterocycles. The Morgan fingerprint density at radius 1 is 1.00 bits per heavy atom. The van der Waals surface area contributed by atoms with E-state index in [2.05, 4.69) is 22.6 Å². The summed E-state index contributed by atoms with van der Waals surface area (Å²) >= 11 is 2.24. The molecule has 1 nitrogen and oxygen atoms in total. The number of halogens is 1. The summed E-state index contributed by atoms with van der Waals surface area (Å²) in [6.45, 7) is 0. The van der Waals surface area contributed by atoms with Gasteiger partial charge in [0.25, 0.3) is 0 Å². The number of hydrogen-bond donors (Lipinski definition) is 0. The third kappa shape index (κ3) is 2.26. The maximum atomic E-state index is 10.8. The van der Waals surface area contributed by atoms with Gasteiger partial charge in [0.05, 0.1) is 0 Å². The van der Waals surface area contributed by atoms with Gasteiger partial charge in [0.15, 0.2) is 0 Å². The van der Waals surface area contributed by atoms with E-state index in [9.17, 15) is 4.79 Å². The summed E-state index contributed by atoms with van der Waals surface area (Å²) in [7, 11) is 0. The molecule has 15 heavy (non-hydrogen) atoms. The van der Waals surface area contributed by atoms with Crippen molar-refractivity contribution in [1.82, 2.24) is 0 Å². The van der Waals surface area contributed by atoms with Crippen molar-refractivity contribution in [2.75, 3.05) is 0 Å². The molecule has 0 unspecified atom stereocenters. The fourth-order valence-corrected chi connectivity index (χ4v) is 1.95. The summed E-state index contributed by atoms with van der Waals surface area (Å²) in [5.74, 6) is 0. The van der Waals surface area contributed by atoms with Crippen molar-refractivity contribution < 1.29 is 4.79 Å². The zero-order valence-corrected chi connectivity index (χ0v) is 10.1. The number of benzene rings is 2. The van der Waals surface area contributed by atoms with Crippen LogP contribution >= 0.6 is 22.6 Å². The van der Waals surface area contributed by atoms with E-state index in [0.29, 0.717) is 5.56 Å². The van der Waals surface area contributed by atoms with E-state index in [4.69, 9.17) is 0 Å². The van der Waals surface area contributed by atoms with Crippen LogP contribution in [0.3, 0.4) is 0 Å². The van der Waals surface area contributed by atoms with Gasteiger partial charge in [-0.2, -0.15) is 0 Å². The lowest BCUT2D eigenvalue weighted by Crippen LogP contribution is -1.88. The van der Waals surface area contributed by atoms with Crippen molar-refractivity contribution in [3.05, 3.63) is 57.7 Å². The molecule has 2 aromatic carbocycles. The molecule has 1 radical (unpaired) electrons. The first-order chi connectivity index (χ1) is 7.31. The summed E-state index contributed by atoms with van der Waals surface area (Å²) in [5, 5.41) is 0. The van der Waals surface area contributed by atoms with Crippen molar-refractivity contribution >= 4 is 28.9 Å². The summed E-state index contributed by atoms with van der Waals surface area (Å²) in [4.78, 5) is 10.8. The Morgan fingerprint density at radius 3 is 2.40 bits per heavy atom. The van der Waals surface area contributed by atoms with Gasteiger partial charge >= 0.3 is 0 Å². The van der Waals surface area contributed by atoms with Gasteiger partial charge in [-0.3, -0.25) is 4.79 Å². The molecule has 0 atom stereocenters. The largest absolute Gasteiger partial charge is 0.285 e. The third-order valence-corrected chi connectivity index (χ3v) is 2.85. The zero-order chi connectivity index (χ0) is 10.7. The molecular formula is C13H8IO. The first-order valence-corrected chi connectivity index (χ1v) is 5.62. The van der Waals surface area contributed by atoms with Gasteiger partial charge in [-0.05, 0) is 51.9 Å². The van der Waals surface area contributed by atoms with E-state index in [-0.39, 0.29) is 0 Å². The number of rotatable bonds is 2. The normalized spacial score (nSPS) is 9.93. The van der Waals surface area contributed by atoms with Crippen LogP contribution in [0.2, 0.25) is 0 Å². The highest BCUT2D eigenvalue weighted by Crippen LogP contribution is 2.24. The van der Waals surface area contributed by atoms with Crippen LogP contribution in [0.5, 0.6) is 0 Å². The number of hydrogen-bond acceptors (Lipinski definition) is 1. The summed E-state index contributed by atoms with van der Waals surface area (Å²) < 4.78 is 1.12. The second-order valence-corrected chi connectivity index (χ2v) is 4.40. The highest BCUT2D eigenvalue weighted by atomic mass is 127. The van der Waals surface area contributed by atoms with Gasteiger partial charge in [0.2, 0.25) is 6.29 Å². The monoisotopic (exact) mass is 307 g/mol. The van der Waals surface area contributed by atoms with Crippen molar-refractivity contribution in [3.63, 3.8) is 0 Å². The Balaban J connectivity index is 2.61. The smallest absolute Gasteiger partial charge is 0.234 e. The molecular weight excluding hydrogens is 299 g/mol. The molecule has 2 heteroatoms. The molecule has 0 bridgehead atoms. The average molecular weight is 307 g/mol. The Morgan fingerprint density at radius 2 is 1.73 bits per heavy atom. The highest BCUT2D eigenvalue weighted by molar-refractivity contribution is 14.1. The van der Waals surface area contributed by atoms with Crippen LogP contribution in [0.25, 0.3) is 11.1 Å². The second-order valence-electron chi connectivity index (χ2n) is 3.16. The molecule has 0 saturated carbocycles. The van der Waals surface area contributed by atoms with Crippen LogP contribution < -0.4 is 0 Å². The van der Waals surface area contributed by atoms with Gasteiger partial charge < -0.3 is 0 Å². The molecule has 0 amide bonds. The van der Waals surface area contributed by atoms with Crippen LogP contribution in [0.1, 0.15) is 5.56 Å². The molecule has 0 aliphatic rings. The Bertz CT molecular complexity index is 477. The Hall–Kier alpha value is -1.16. The van der Waals surface area contributed by atoms with Crippen LogP contribution in [-0.4, -0.2) is 6.29 Å². The van der Waals surface area contributed by atoms with Gasteiger partial charge in [0.1, 0.15) is 0 Å². The minimum absolute atomic E-state index is 0.613. The molecule has 0 N–H and O–H groups in total. The molecule has 0 aromatic heterocycles. The lowest BCUT2D eigenvalue weighted by atomic mass is 10.0. The fraction of sp³-hybridized carbons (Fsp3) is 0. The average Bonchev–Trinajstić information content (AvgIpc) is 2.30. The van der Waals surface area contributed by atoms with Crippen molar-refractivity contribution in [1.29, 1.82) is 0 Å². The lowest BCUT2D eigenvalue weighted by Gasteiger charge is -2.04.